The summed E-state index contributed by atoms with van der Waals surface area (Å²) in [6.45, 7) is 6.74. The maximum Gasteiger partial charge on any atom is 0.253 e. The van der Waals surface area contributed by atoms with Crippen LogP contribution in [0.25, 0.3) is 0 Å². The summed E-state index contributed by atoms with van der Waals surface area (Å²) in [5.74, 6) is 3.02. The molecule has 0 saturated carbocycles. The fraction of sp³-hybridized carbons (Fsp3) is 0.324. The van der Waals surface area contributed by atoms with E-state index in [-0.39, 0.29) is 5.91 Å². The van der Waals surface area contributed by atoms with Gasteiger partial charge in [-0.05, 0) is 65.9 Å². The van der Waals surface area contributed by atoms with Gasteiger partial charge >= 0.3 is 0 Å². The summed E-state index contributed by atoms with van der Waals surface area (Å²) in [7, 11) is 3.31. The molecule has 0 radical (unpaired) electrons. The van der Waals surface area contributed by atoms with Crippen LogP contribution in [0.4, 0.5) is 11.5 Å². The lowest BCUT2D eigenvalue weighted by Crippen LogP contribution is -2.49. The van der Waals surface area contributed by atoms with Crippen LogP contribution < -0.4 is 19.3 Å². The van der Waals surface area contributed by atoms with Gasteiger partial charge in [-0.2, -0.15) is 0 Å². The van der Waals surface area contributed by atoms with Crippen LogP contribution in [0.3, 0.4) is 0 Å². The number of para-hydroxylation sites is 1. The summed E-state index contributed by atoms with van der Waals surface area (Å²) >= 11 is 7.98. The van der Waals surface area contributed by atoms with Crippen molar-refractivity contribution in [3.63, 3.8) is 0 Å². The largest absolute Gasteiger partial charge is 0.493 e. The van der Waals surface area contributed by atoms with Gasteiger partial charge in [-0.15, -0.1) is 0 Å². The Labute approximate surface area is 268 Å². The summed E-state index contributed by atoms with van der Waals surface area (Å²) in [6, 6.07) is 22.2. The Morgan fingerprint density at radius 2 is 1.57 bits per heavy atom. The van der Waals surface area contributed by atoms with Gasteiger partial charge in [0.15, 0.2) is 16.7 Å². The average molecular weight is 630 g/mol. The van der Waals surface area contributed by atoms with E-state index in [1.54, 1.807) is 14.2 Å². The quantitative estimate of drug-likeness (QED) is 0.128. The molecule has 0 aliphatic carbocycles. The number of piperazine rings is 1. The number of amides is 1. The van der Waals surface area contributed by atoms with Gasteiger partial charge in [0, 0.05) is 62.3 Å². The topological polar surface area (TPSA) is 71.0 Å². The molecule has 1 aromatic heterocycles. The molecule has 6 rings (SSSR count). The summed E-state index contributed by atoms with van der Waals surface area (Å²) in [4.78, 5) is 29.1. The van der Waals surface area contributed by atoms with Crippen LogP contribution >= 0.6 is 23.4 Å². The Hall–Kier alpha value is -3.95. The zero-order valence-corrected chi connectivity index (χ0v) is 26.8. The molecule has 1 saturated heterocycles. The zero-order valence-electron chi connectivity index (χ0n) is 25.3. The number of nitrogens with zero attached hydrogens (tertiary/aromatic N) is 5. The zero-order chi connectivity index (χ0) is 30.6. The molecule has 2 aliphatic heterocycles. The molecule has 0 unspecified atom stereocenters. The highest BCUT2D eigenvalue weighted by atomic mass is 35.5. The molecule has 0 N–H and O–H groups in total. The second-order valence-electron chi connectivity index (χ2n) is 11.0. The fourth-order valence-electron chi connectivity index (χ4n) is 5.83. The number of rotatable bonds is 8. The van der Waals surface area contributed by atoms with Gasteiger partial charge in [-0.3, -0.25) is 4.79 Å². The molecule has 1 fully saturated rings. The highest BCUT2D eigenvalue weighted by Crippen LogP contribution is 2.35. The Kier molecular flexibility index (Phi) is 9.14. The minimum absolute atomic E-state index is 0.0793. The summed E-state index contributed by atoms with van der Waals surface area (Å²) in [6.07, 6.45) is 0.868. The van der Waals surface area contributed by atoms with Gasteiger partial charge in [0.05, 0.1) is 14.2 Å². The number of ether oxygens (including phenoxy) is 2. The molecule has 1 amide bonds. The third-order valence-electron chi connectivity index (χ3n) is 8.29. The van der Waals surface area contributed by atoms with Crippen molar-refractivity contribution >= 4 is 40.8 Å². The molecule has 0 bridgehead atoms. The van der Waals surface area contributed by atoms with E-state index in [1.807, 2.05) is 41.3 Å². The standard InChI is InChI=1S/C34H36ClN5O3S/c1-23-6-4-5-7-28(23)38-14-16-39(17-15-38)33(41)25-10-8-24(9-11-25)22-44-34-36-31(35)20-32(37-34)40-13-12-26-18-29(42-2)30(43-3)19-27(26)21-40/h4-11,18-20H,12-17,21-22H2,1-3H3. The average Bonchev–Trinajstić information content (AvgIpc) is 3.06. The van der Waals surface area contributed by atoms with Crippen molar-refractivity contribution in [2.75, 3.05) is 56.7 Å². The van der Waals surface area contributed by atoms with Gasteiger partial charge in [-0.25, -0.2) is 9.97 Å². The van der Waals surface area contributed by atoms with Crippen LogP contribution in [-0.2, 0) is 18.7 Å². The number of benzene rings is 3. The third-order valence-corrected chi connectivity index (χ3v) is 9.41. The van der Waals surface area contributed by atoms with Crippen LogP contribution in [0, 0.1) is 6.92 Å². The minimum Gasteiger partial charge on any atom is -0.493 e. The van der Waals surface area contributed by atoms with E-state index in [9.17, 15) is 4.79 Å². The molecule has 4 aromatic rings. The first-order valence-electron chi connectivity index (χ1n) is 14.8. The number of thioether (sulfide) groups is 1. The first kappa shape index (κ1) is 30.1. The number of fused-ring (bicyclic) bond motifs is 1. The predicted molar refractivity (Wildman–Crippen MR) is 177 cm³/mol. The molecule has 3 heterocycles. The van der Waals surface area contributed by atoms with E-state index in [2.05, 4.69) is 52.0 Å². The lowest BCUT2D eigenvalue weighted by molar-refractivity contribution is 0.0746. The number of aryl methyl sites for hydroxylation is 1. The lowest BCUT2D eigenvalue weighted by Gasteiger charge is -2.36. The Morgan fingerprint density at radius 1 is 0.864 bits per heavy atom. The van der Waals surface area contributed by atoms with Gasteiger partial charge < -0.3 is 24.2 Å². The number of anilines is 2. The molecule has 10 heteroatoms. The molecule has 2 aliphatic rings. The van der Waals surface area contributed by atoms with E-state index in [0.29, 0.717) is 41.3 Å². The first-order valence-corrected chi connectivity index (χ1v) is 16.1. The van der Waals surface area contributed by atoms with Crippen LogP contribution in [0.1, 0.15) is 32.6 Å². The Morgan fingerprint density at radius 3 is 2.27 bits per heavy atom. The predicted octanol–water partition coefficient (Wildman–Crippen LogP) is 6.27. The van der Waals surface area contributed by atoms with Crippen LogP contribution in [-0.4, -0.2) is 67.7 Å². The van der Waals surface area contributed by atoms with Crippen molar-refractivity contribution in [2.24, 2.45) is 0 Å². The van der Waals surface area contributed by atoms with Crippen molar-refractivity contribution in [2.45, 2.75) is 30.8 Å². The van der Waals surface area contributed by atoms with E-state index in [1.165, 1.54) is 34.1 Å². The van der Waals surface area contributed by atoms with E-state index in [0.717, 1.165) is 48.9 Å². The summed E-state index contributed by atoms with van der Waals surface area (Å²) in [5.41, 5.74) is 6.75. The number of hydrogen-bond donors (Lipinski definition) is 0. The molecule has 0 atom stereocenters. The van der Waals surface area contributed by atoms with Crippen LogP contribution in [0.15, 0.2) is 71.9 Å². The first-order chi connectivity index (χ1) is 21.4. The second kappa shape index (κ2) is 13.4. The molecule has 228 valence electrons. The van der Waals surface area contributed by atoms with Crippen molar-refractivity contribution in [1.29, 1.82) is 0 Å². The number of carbonyl (C=O) groups excluding carboxylic acids is 1. The molecular weight excluding hydrogens is 594 g/mol. The maximum atomic E-state index is 13.2. The smallest absolute Gasteiger partial charge is 0.253 e. The van der Waals surface area contributed by atoms with Gasteiger partial charge in [0.1, 0.15) is 11.0 Å². The maximum absolute atomic E-state index is 13.2. The molecule has 8 nitrogen and oxygen atoms in total. The Bertz CT molecular complexity index is 1640. The van der Waals surface area contributed by atoms with E-state index in [4.69, 9.17) is 26.1 Å². The van der Waals surface area contributed by atoms with Gasteiger partial charge in [0.2, 0.25) is 0 Å². The number of methoxy groups -OCH3 is 2. The van der Waals surface area contributed by atoms with E-state index < -0.39 is 0 Å². The fourth-order valence-corrected chi connectivity index (χ4v) is 6.87. The van der Waals surface area contributed by atoms with Crippen molar-refractivity contribution in [3.8, 4) is 11.5 Å². The number of hydrogen-bond acceptors (Lipinski definition) is 8. The monoisotopic (exact) mass is 629 g/mol. The number of halogens is 1. The van der Waals surface area contributed by atoms with E-state index >= 15 is 0 Å². The highest BCUT2D eigenvalue weighted by Gasteiger charge is 2.24. The van der Waals surface area contributed by atoms with Crippen molar-refractivity contribution in [3.05, 3.63) is 99.7 Å². The summed E-state index contributed by atoms with van der Waals surface area (Å²) in [5, 5.41) is 1.04. The molecule has 0 spiro atoms. The van der Waals surface area contributed by atoms with Gasteiger partial charge in [0.25, 0.3) is 5.91 Å². The molecule has 44 heavy (non-hydrogen) atoms. The summed E-state index contributed by atoms with van der Waals surface area (Å²) < 4.78 is 11.0. The molecular formula is C34H36ClN5O3S. The normalized spacial score (nSPS) is 14.8. The minimum atomic E-state index is 0.0793. The number of aromatic nitrogens is 2. The van der Waals surface area contributed by atoms with Gasteiger partial charge in [-0.1, -0.05) is 53.7 Å². The van der Waals surface area contributed by atoms with Crippen LogP contribution in [0.2, 0.25) is 5.15 Å². The van der Waals surface area contributed by atoms with Crippen molar-refractivity contribution < 1.29 is 14.3 Å². The lowest BCUT2D eigenvalue weighted by atomic mass is 9.99. The van der Waals surface area contributed by atoms with Crippen LogP contribution in [0.5, 0.6) is 11.5 Å². The Balaban J connectivity index is 1.06. The second-order valence-corrected chi connectivity index (χ2v) is 12.4. The SMILES string of the molecule is COc1cc2c(cc1OC)CN(c1cc(Cl)nc(SCc3ccc(C(=O)N4CCN(c5ccccc5C)CC4)cc3)n1)CC2. The highest BCUT2D eigenvalue weighted by molar-refractivity contribution is 7.98. The third kappa shape index (κ3) is 6.59. The van der Waals surface area contributed by atoms with Crippen molar-refractivity contribution in [1.82, 2.24) is 14.9 Å². The number of carbonyl (C=O) groups is 1. The molecule has 3 aromatic carbocycles.